The van der Waals surface area contributed by atoms with Crippen LogP contribution in [0.25, 0.3) is 0 Å². The van der Waals surface area contributed by atoms with Gasteiger partial charge in [-0.2, -0.15) is 0 Å². The van der Waals surface area contributed by atoms with E-state index in [9.17, 15) is 0 Å². The van der Waals surface area contributed by atoms with Crippen LogP contribution in [0.4, 0.5) is 0 Å². The second-order valence-corrected chi connectivity index (χ2v) is 5.78. The molecule has 0 heterocycles. The molecule has 1 N–H and O–H groups in total. The molecular formula is C14H27NO2. The molecular weight excluding hydrogens is 214 g/mol. The number of ether oxygens (including phenoxy) is 2. The molecule has 0 aromatic rings. The number of rotatable bonds is 6. The largest absolute Gasteiger partial charge is 0.381 e. The predicted molar refractivity (Wildman–Crippen MR) is 69.2 cm³/mol. The van der Waals surface area contributed by atoms with E-state index in [1.54, 1.807) is 0 Å². The Bertz CT molecular complexity index is 253. The molecule has 0 aromatic carbocycles. The molecule has 0 amide bonds. The van der Waals surface area contributed by atoms with Gasteiger partial charge in [0.25, 0.3) is 0 Å². The van der Waals surface area contributed by atoms with Crippen LogP contribution in [0.3, 0.4) is 0 Å². The van der Waals surface area contributed by atoms with E-state index < -0.39 is 0 Å². The molecule has 0 spiro atoms. The predicted octanol–water partition coefficient (Wildman–Crippen LogP) is 2.35. The fraction of sp³-hybridized carbons (Fsp3) is 1.00. The SMILES string of the molecule is CCOC1CC(NC2CC(OC)C2)C1(C)CC. The summed E-state index contributed by atoms with van der Waals surface area (Å²) in [5, 5.41) is 3.79. The van der Waals surface area contributed by atoms with Crippen molar-refractivity contribution in [3.63, 3.8) is 0 Å². The maximum Gasteiger partial charge on any atom is 0.0658 e. The first-order chi connectivity index (χ1) is 8.13. The molecule has 100 valence electrons. The third-order valence-corrected chi connectivity index (χ3v) is 4.98. The maximum absolute atomic E-state index is 5.83. The van der Waals surface area contributed by atoms with Gasteiger partial charge in [-0.3, -0.25) is 0 Å². The summed E-state index contributed by atoms with van der Waals surface area (Å²) in [5.41, 5.74) is 0.328. The van der Waals surface area contributed by atoms with Gasteiger partial charge in [0.1, 0.15) is 0 Å². The molecule has 2 aliphatic rings. The van der Waals surface area contributed by atoms with Crippen LogP contribution >= 0.6 is 0 Å². The van der Waals surface area contributed by atoms with Gasteiger partial charge in [-0.05, 0) is 32.6 Å². The monoisotopic (exact) mass is 241 g/mol. The summed E-state index contributed by atoms with van der Waals surface area (Å²) in [5.74, 6) is 0. The first-order valence-electron chi connectivity index (χ1n) is 7.04. The average Bonchev–Trinajstić information content (AvgIpc) is 2.29. The van der Waals surface area contributed by atoms with Crippen molar-refractivity contribution in [1.82, 2.24) is 5.32 Å². The molecule has 2 fully saturated rings. The van der Waals surface area contributed by atoms with E-state index >= 15 is 0 Å². The summed E-state index contributed by atoms with van der Waals surface area (Å²) in [7, 11) is 1.81. The van der Waals surface area contributed by atoms with Gasteiger partial charge in [-0.25, -0.2) is 0 Å². The zero-order chi connectivity index (χ0) is 12.5. The Morgan fingerprint density at radius 3 is 2.47 bits per heavy atom. The van der Waals surface area contributed by atoms with E-state index in [4.69, 9.17) is 9.47 Å². The van der Waals surface area contributed by atoms with E-state index in [1.165, 1.54) is 25.7 Å². The van der Waals surface area contributed by atoms with Gasteiger partial charge < -0.3 is 14.8 Å². The van der Waals surface area contributed by atoms with Gasteiger partial charge in [0.15, 0.2) is 0 Å². The third kappa shape index (κ3) is 2.38. The lowest BCUT2D eigenvalue weighted by molar-refractivity contribution is -0.133. The van der Waals surface area contributed by atoms with Crippen LogP contribution in [-0.4, -0.2) is 38.0 Å². The van der Waals surface area contributed by atoms with Gasteiger partial charge in [0.05, 0.1) is 12.2 Å². The zero-order valence-corrected chi connectivity index (χ0v) is 11.7. The quantitative estimate of drug-likeness (QED) is 0.774. The third-order valence-electron chi connectivity index (χ3n) is 4.98. The zero-order valence-electron chi connectivity index (χ0n) is 11.7. The summed E-state index contributed by atoms with van der Waals surface area (Å²) in [4.78, 5) is 0. The van der Waals surface area contributed by atoms with Crippen LogP contribution in [0.2, 0.25) is 0 Å². The minimum absolute atomic E-state index is 0.328. The van der Waals surface area contributed by atoms with E-state index in [2.05, 4.69) is 26.1 Å². The Hall–Kier alpha value is -0.120. The number of methoxy groups -OCH3 is 1. The van der Waals surface area contributed by atoms with Crippen molar-refractivity contribution in [3.8, 4) is 0 Å². The topological polar surface area (TPSA) is 30.5 Å². The molecule has 2 rings (SSSR count). The van der Waals surface area contributed by atoms with Gasteiger partial charge >= 0.3 is 0 Å². The normalized spacial score (nSPS) is 45.2. The second kappa shape index (κ2) is 5.25. The fourth-order valence-corrected chi connectivity index (χ4v) is 3.19. The van der Waals surface area contributed by atoms with Gasteiger partial charge in [-0.15, -0.1) is 0 Å². The van der Waals surface area contributed by atoms with Crippen LogP contribution in [-0.2, 0) is 9.47 Å². The minimum atomic E-state index is 0.328. The van der Waals surface area contributed by atoms with Crippen LogP contribution < -0.4 is 5.32 Å². The van der Waals surface area contributed by atoms with E-state index in [0.29, 0.717) is 29.7 Å². The van der Waals surface area contributed by atoms with Gasteiger partial charge in [0, 0.05) is 31.2 Å². The van der Waals surface area contributed by atoms with Crippen molar-refractivity contribution in [2.24, 2.45) is 5.41 Å². The maximum atomic E-state index is 5.83. The highest BCUT2D eigenvalue weighted by atomic mass is 16.5. The lowest BCUT2D eigenvalue weighted by Crippen LogP contribution is -2.65. The van der Waals surface area contributed by atoms with Crippen molar-refractivity contribution in [2.75, 3.05) is 13.7 Å². The molecule has 3 heteroatoms. The Kier molecular flexibility index (Phi) is 4.11. The molecule has 0 aromatic heterocycles. The molecule has 0 radical (unpaired) electrons. The highest BCUT2D eigenvalue weighted by Crippen LogP contribution is 2.46. The summed E-state index contributed by atoms with van der Waals surface area (Å²) < 4.78 is 11.1. The Labute approximate surface area is 105 Å². The van der Waals surface area contributed by atoms with Crippen molar-refractivity contribution in [1.29, 1.82) is 0 Å². The first-order valence-corrected chi connectivity index (χ1v) is 7.04. The van der Waals surface area contributed by atoms with Crippen LogP contribution in [0.15, 0.2) is 0 Å². The fourth-order valence-electron chi connectivity index (χ4n) is 3.19. The molecule has 0 saturated heterocycles. The molecule has 3 unspecified atom stereocenters. The van der Waals surface area contributed by atoms with Crippen LogP contribution in [0.1, 0.15) is 46.5 Å². The molecule has 2 saturated carbocycles. The lowest BCUT2D eigenvalue weighted by atomic mass is 9.61. The number of nitrogens with one attached hydrogen (secondary N) is 1. The van der Waals surface area contributed by atoms with Crippen molar-refractivity contribution in [2.45, 2.75) is 70.7 Å². The second-order valence-electron chi connectivity index (χ2n) is 5.78. The molecule has 0 bridgehead atoms. The molecule has 3 nitrogen and oxygen atoms in total. The van der Waals surface area contributed by atoms with Gasteiger partial charge in [-0.1, -0.05) is 13.8 Å². The summed E-state index contributed by atoms with van der Waals surface area (Å²) >= 11 is 0. The van der Waals surface area contributed by atoms with Crippen molar-refractivity contribution >= 4 is 0 Å². The Morgan fingerprint density at radius 1 is 1.24 bits per heavy atom. The molecule has 2 aliphatic carbocycles. The number of hydrogen-bond donors (Lipinski definition) is 1. The highest BCUT2D eigenvalue weighted by Gasteiger charge is 2.52. The Morgan fingerprint density at radius 2 is 1.94 bits per heavy atom. The average molecular weight is 241 g/mol. The van der Waals surface area contributed by atoms with Crippen molar-refractivity contribution in [3.05, 3.63) is 0 Å². The summed E-state index contributed by atoms with van der Waals surface area (Å²) in [6.07, 6.45) is 5.65. The minimum Gasteiger partial charge on any atom is -0.381 e. The standard InChI is InChI=1S/C14H27NO2/c1-5-14(3)12(9-13(14)17-6-2)15-10-7-11(8-10)16-4/h10-13,15H,5-9H2,1-4H3. The summed E-state index contributed by atoms with van der Waals surface area (Å²) in [6.45, 7) is 7.56. The number of hydrogen-bond acceptors (Lipinski definition) is 3. The van der Waals surface area contributed by atoms with E-state index in [1.807, 2.05) is 7.11 Å². The molecule has 0 aliphatic heterocycles. The van der Waals surface area contributed by atoms with Crippen molar-refractivity contribution < 1.29 is 9.47 Å². The smallest absolute Gasteiger partial charge is 0.0658 e. The molecule has 17 heavy (non-hydrogen) atoms. The molecule has 3 atom stereocenters. The summed E-state index contributed by atoms with van der Waals surface area (Å²) in [6, 6.07) is 1.30. The van der Waals surface area contributed by atoms with E-state index in [-0.39, 0.29) is 0 Å². The van der Waals surface area contributed by atoms with Gasteiger partial charge in [0.2, 0.25) is 0 Å². The highest BCUT2D eigenvalue weighted by molar-refractivity contribution is 5.06. The lowest BCUT2D eigenvalue weighted by Gasteiger charge is -2.56. The van der Waals surface area contributed by atoms with Crippen LogP contribution in [0.5, 0.6) is 0 Å². The van der Waals surface area contributed by atoms with E-state index in [0.717, 1.165) is 6.61 Å². The Balaban J connectivity index is 1.79. The van der Waals surface area contributed by atoms with Crippen LogP contribution in [0, 0.1) is 5.41 Å². The first kappa shape index (κ1) is 13.3.